The van der Waals surface area contributed by atoms with Gasteiger partial charge in [0, 0.05) is 5.56 Å². The smallest absolute Gasteiger partial charge is 0.252 e. The van der Waals surface area contributed by atoms with Crippen LogP contribution in [0.2, 0.25) is 0 Å². The number of benzene rings is 1. The van der Waals surface area contributed by atoms with Gasteiger partial charge in [-0.1, -0.05) is 51.0 Å². The molecule has 4 heteroatoms. The predicted molar refractivity (Wildman–Crippen MR) is 86.0 cm³/mol. The van der Waals surface area contributed by atoms with E-state index < -0.39 is 5.54 Å². The molecule has 0 saturated heterocycles. The van der Waals surface area contributed by atoms with E-state index in [0.29, 0.717) is 16.5 Å². The fraction of sp³-hybridized carbons (Fsp3) is 0.500. The van der Waals surface area contributed by atoms with Gasteiger partial charge in [0.1, 0.15) is 0 Å². The van der Waals surface area contributed by atoms with E-state index in [-0.39, 0.29) is 5.91 Å². The van der Waals surface area contributed by atoms with Crippen LogP contribution in [0.15, 0.2) is 24.3 Å². The molecule has 1 saturated carbocycles. The molecule has 0 spiro atoms. The highest BCUT2D eigenvalue weighted by Crippen LogP contribution is 2.30. The van der Waals surface area contributed by atoms with Crippen molar-refractivity contribution >= 4 is 23.1 Å². The average molecular weight is 290 g/mol. The molecule has 1 amide bonds. The van der Waals surface area contributed by atoms with E-state index in [1.807, 2.05) is 24.3 Å². The van der Waals surface area contributed by atoms with Gasteiger partial charge in [-0.3, -0.25) is 4.79 Å². The topological polar surface area (TPSA) is 55.1 Å². The Morgan fingerprint density at radius 3 is 2.25 bits per heavy atom. The molecule has 1 fully saturated rings. The maximum atomic E-state index is 12.4. The lowest BCUT2D eigenvalue weighted by Gasteiger charge is -2.29. The first-order valence-corrected chi connectivity index (χ1v) is 7.58. The zero-order valence-corrected chi connectivity index (χ0v) is 12.9. The highest BCUT2D eigenvalue weighted by atomic mass is 32.1. The Bertz CT molecular complexity index is 502. The van der Waals surface area contributed by atoms with E-state index >= 15 is 0 Å². The van der Waals surface area contributed by atoms with Gasteiger partial charge in [0.25, 0.3) is 5.91 Å². The highest BCUT2D eigenvalue weighted by Gasteiger charge is 2.38. The second-order valence-corrected chi connectivity index (χ2v) is 6.32. The Morgan fingerprint density at radius 2 is 1.80 bits per heavy atom. The molecule has 0 atom stereocenters. The number of hydrogen-bond acceptors (Lipinski definition) is 2. The van der Waals surface area contributed by atoms with Crippen LogP contribution in [0.3, 0.4) is 0 Å². The molecule has 3 nitrogen and oxygen atoms in total. The van der Waals surface area contributed by atoms with Gasteiger partial charge in [-0.05, 0) is 36.5 Å². The SMILES string of the molecule is CC(C)c1ccc(C(=O)NC2(C(N)=S)CCCC2)cc1. The molecule has 0 unspecified atom stereocenters. The van der Waals surface area contributed by atoms with Crippen molar-refractivity contribution in [3.63, 3.8) is 0 Å². The van der Waals surface area contributed by atoms with E-state index in [1.54, 1.807) is 0 Å². The Kier molecular flexibility index (Phi) is 4.43. The third-order valence-corrected chi connectivity index (χ3v) is 4.51. The molecular weight excluding hydrogens is 268 g/mol. The second kappa shape index (κ2) is 5.92. The molecule has 1 aromatic rings. The summed E-state index contributed by atoms with van der Waals surface area (Å²) in [6, 6.07) is 7.74. The molecule has 1 aliphatic rings. The number of carbonyl (C=O) groups excluding carboxylic acids is 1. The monoisotopic (exact) mass is 290 g/mol. The van der Waals surface area contributed by atoms with Crippen molar-refractivity contribution in [1.82, 2.24) is 5.32 Å². The Balaban J connectivity index is 2.13. The van der Waals surface area contributed by atoms with Crippen LogP contribution in [0, 0.1) is 0 Å². The fourth-order valence-electron chi connectivity index (χ4n) is 2.72. The van der Waals surface area contributed by atoms with Crippen LogP contribution in [0.1, 0.15) is 61.4 Å². The summed E-state index contributed by atoms with van der Waals surface area (Å²) < 4.78 is 0. The van der Waals surface area contributed by atoms with Gasteiger partial charge < -0.3 is 11.1 Å². The van der Waals surface area contributed by atoms with Gasteiger partial charge in [-0.15, -0.1) is 0 Å². The quantitative estimate of drug-likeness (QED) is 0.838. The zero-order valence-electron chi connectivity index (χ0n) is 12.1. The molecule has 0 heterocycles. The van der Waals surface area contributed by atoms with Gasteiger partial charge in [-0.25, -0.2) is 0 Å². The Labute approximate surface area is 125 Å². The first-order valence-electron chi connectivity index (χ1n) is 7.17. The molecule has 20 heavy (non-hydrogen) atoms. The fourth-order valence-corrected chi connectivity index (χ4v) is 2.98. The van der Waals surface area contributed by atoms with Crippen molar-refractivity contribution in [2.45, 2.75) is 51.0 Å². The van der Waals surface area contributed by atoms with Crippen molar-refractivity contribution in [2.75, 3.05) is 0 Å². The summed E-state index contributed by atoms with van der Waals surface area (Å²) in [6.45, 7) is 4.27. The summed E-state index contributed by atoms with van der Waals surface area (Å²) in [6.07, 6.45) is 3.81. The number of amides is 1. The number of nitrogens with two attached hydrogens (primary N) is 1. The van der Waals surface area contributed by atoms with Gasteiger partial charge in [0.15, 0.2) is 0 Å². The molecule has 1 aliphatic carbocycles. The van der Waals surface area contributed by atoms with Crippen molar-refractivity contribution < 1.29 is 4.79 Å². The maximum Gasteiger partial charge on any atom is 0.252 e. The van der Waals surface area contributed by atoms with Gasteiger partial charge in [0.05, 0.1) is 10.5 Å². The van der Waals surface area contributed by atoms with E-state index in [9.17, 15) is 4.79 Å². The van der Waals surface area contributed by atoms with Crippen molar-refractivity contribution in [2.24, 2.45) is 5.73 Å². The first-order chi connectivity index (χ1) is 9.44. The molecule has 1 aromatic carbocycles. The molecule has 0 aromatic heterocycles. The minimum atomic E-state index is -0.483. The second-order valence-electron chi connectivity index (χ2n) is 5.88. The summed E-state index contributed by atoms with van der Waals surface area (Å²) in [7, 11) is 0. The van der Waals surface area contributed by atoms with Crippen molar-refractivity contribution in [3.05, 3.63) is 35.4 Å². The third kappa shape index (κ3) is 3.01. The van der Waals surface area contributed by atoms with E-state index in [1.165, 1.54) is 5.56 Å². The zero-order chi connectivity index (χ0) is 14.8. The summed E-state index contributed by atoms with van der Waals surface area (Å²) in [5.41, 5.74) is 7.25. The number of hydrogen-bond donors (Lipinski definition) is 2. The molecule has 2 rings (SSSR count). The van der Waals surface area contributed by atoms with Crippen LogP contribution in [-0.4, -0.2) is 16.4 Å². The average Bonchev–Trinajstić information content (AvgIpc) is 2.88. The molecule has 108 valence electrons. The molecule has 3 N–H and O–H groups in total. The van der Waals surface area contributed by atoms with Crippen molar-refractivity contribution in [1.29, 1.82) is 0 Å². The van der Waals surface area contributed by atoms with E-state index in [0.717, 1.165) is 25.7 Å². The summed E-state index contributed by atoms with van der Waals surface area (Å²) in [4.78, 5) is 12.8. The van der Waals surface area contributed by atoms with Gasteiger partial charge in [-0.2, -0.15) is 0 Å². The molecular formula is C16H22N2OS. The van der Waals surface area contributed by atoms with E-state index in [4.69, 9.17) is 18.0 Å². The highest BCUT2D eigenvalue weighted by molar-refractivity contribution is 7.80. The van der Waals surface area contributed by atoms with Crippen LogP contribution in [-0.2, 0) is 0 Å². The largest absolute Gasteiger partial charge is 0.391 e. The number of thiocarbonyl (C=S) groups is 1. The van der Waals surface area contributed by atoms with Crippen LogP contribution in [0.4, 0.5) is 0 Å². The minimum Gasteiger partial charge on any atom is -0.391 e. The maximum absolute atomic E-state index is 12.4. The van der Waals surface area contributed by atoms with Crippen molar-refractivity contribution in [3.8, 4) is 0 Å². The lowest BCUT2D eigenvalue weighted by molar-refractivity contribution is 0.0924. The van der Waals surface area contributed by atoms with E-state index in [2.05, 4.69) is 19.2 Å². The van der Waals surface area contributed by atoms with Crippen LogP contribution in [0.5, 0.6) is 0 Å². The summed E-state index contributed by atoms with van der Waals surface area (Å²) >= 11 is 5.15. The Hall–Kier alpha value is -1.42. The third-order valence-electron chi connectivity index (χ3n) is 4.12. The normalized spacial score (nSPS) is 17.1. The van der Waals surface area contributed by atoms with Crippen LogP contribution in [0.25, 0.3) is 0 Å². The number of nitrogens with one attached hydrogen (secondary N) is 1. The summed E-state index contributed by atoms with van der Waals surface area (Å²) in [5, 5.41) is 3.05. The predicted octanol–water partition coefficient (Wildman–Crippen LogP) is 3.14. The lowest BCUT2D eigenvalue weighted by atomic mass is 9.96. The van der Waals surface area contributed by atoms with Gasteiger partial charge in [0.2, 0.25) is 0 Å². The van der Waals surface area contributed by atoms with Crippen LogP contribution < -0.4 is 11.1 Å². The van der Waals surface area contributed by atoms with Crippen LogP contribution >= 0.6 is 12.2 Å². The Morgan fingerprint density at radius 1 is 1.25 bits per heavy atom. The first kappa shape index (κ1) is 15.0. The standard InChI is InChI=1S/C16H22N2OS/c1-11(2)12-5-7-13(8-6-12)14(19)18-16(15(17)20)9-3-4-10-16/h5-8,11H,3-4,9-10H2,1-2H3,(H2,17,20)(H,18,19). The number of rotatable bonds is 4. The molecule has 0 aliphatic heterocycles. The minimum absolute atomic E-state index is 0.0880. The molecule has 0 radical (unpaired) electrons. The van der Waals surface area contributed by atoms with Gasteiger partial charge >= 0.3 is 0 Å². The summed E-state index contributed by atoms with van der Waals surface area (Å²) in [5.74, 6) is 0.375. The lowest BCUT2D eigenvalue weighted by Crippen LogP contribution is -2.54. The molecule has 0 bridgehead atoms. The number of carbonyl (C=O) groups is 1.